The number of fused-ring (bicyclic) bond motifs is 1. The molecule has 2 aliphatic heterocycles. The zero-order chi connectivity index (χ0) is 11.7. The van der Waals surface area contributed by atoms with Crippen LogP contribution in [-0.4, -0.2) is 35.5 Å². The Balaban J connectivity index is 1.62. The predicted molar refractivity (Wildman–Crippen MR) is 70.8 cm³/mol. The molecule has 2 heterocycles. The molecule has 1 saturated heterocycles. The third-order valence-corrected chi connectivity index (χ3v) is 4.28. The van der Waals surface area contributed by atoms with E-state index in [0.29, 0.717) is 0 Å². The second kappa shape index (κ2) is 4.79. The number of likely N-dealkylation sites (tertiary alicyclic amines) is 1. The lowest BCUT2D eigenvalue weighted by Gasteiger charge is -2.27. The van der Waals surface area contributed by atoms with Crippen LogP contribution < -0.4 is 0 Å². The number of nitrogens with zero attached hydrogens (tertiary/aromatic N) is 2. The van der Waals surface area contributed by atoms with E-state index in [4.69, 9.17) is 0 Å². The monoisotopic (exact) mass is 230 g/mol. The Morgan fingerprint density at radius 2 is 1.88 bits per heavy atom. The van der Waals surface area contributed by atoms with Crippen molar-refractivity contribution in [3.63, 3.8) is 0 Å². The third kappa shape index (κ3) is 2.24. The number of hydrogen-bond donors (Lipinski definition) is 0. The molecule has 0 radical (unpaired) electrons. The first kappa shape index (κ1) is 11.2. The molecule has 1 atom stereocenters. The summed E-state index contributed by atoms with van der Waals surface area (Å²) in [5, 5.41) is 0. The SMILES string of the molecule is CCN1CCCC1CN1Cc2ccccc2C1. The van der Waals surface area contributed by atoms with E-state index < -0.39 is 0 Å². The van der Waals surface area contributed by atoms with Gasteiger partial charge in [0.15, 0.2) is 0 Å². The highest BCUT2D eigenvalue weighted by Crippen LogP contribution is 2.25. The van der Waals surface area contributed by atoms with E-state index in [1.54, 1.807) is 0 Å². The van der Waals surface area contributed by atoms with Crippen LogP contribution in [0.5, 0.6) is 0 Å². The molecule has 2 heteroatoms. The first-order chi connectivity index (χ1) is 8.36. The van der Waals surface area contributed by atoms with Gasteiger partial charge in [0.2, 0.25) is 0 Å². The van der Waals surface area contributed by atoms with Crippen molar-refractivity contribution < 1.29 is 0 Å². The quantitative estimate of drug-likeness (QED) is 0.787. The standard InChI is InChI=1S/C15H22N2/c1-2-17-9-5-8-15(17)12-16-10-13-6-3-4-7-14(13)11-16/h3-4,6-7,15H,2,5,8-12H2,1H3. The van der Waals surface area contributed by atoms with Crippen LogP contribution in [0.15, 0.2) is 24.3 Å². The molecule has 1 fully saturated rings. The maximum Gasteiger partial charge on any atom is 0.0241 e. The highest BCUT2D eigenvalue weighted by Gasteiger charge is 2.27. The average molecular weight is 230 g/mol. The third-order valence-electron chi connectivity index (χ3n) is 4.28. The highest BCUT2D eigenvalue weighted by molar-refractivity contribution is 5.30. The van der Waals surface area contributed by atoms with Gasteiger partial charge >= 0.3 is 0 Å². The minimum absolute atomic E-state index is 0.800. The molecule has 0 N–H and O–H groups in total. The van der Waals surface area contributed by atoms with Gasteiger partial charge in [-0.1, -0.05) is 31.2 Å². The number of hydrogen-bond acceptors (Lipinski definition) is 2. The van der Waals surface area contributed by atoms with E-state index >= 15 is 0 Å². The Hall–Kier alpha value is -0.860. The van der Waals surface area contributed by atoms with Gasteiger partial charge in [-0.2, -0.15) is 0 Å². The van der Waals surface area contributed by atoms with Gasteiger partial charge < -0.3 is 0 Å². The van der Waals surface area contributed by atoms with Crippen molar-refractivity contribution >= 4 is 0 Å². The lowest BCUT2D eigenvalue weighted by molar-refractivity contribution is 0.177. The highest BCUT2D eigenvalue weighted by atomic mass is 15.2. The second-order valence-electron chi connectivity index (χ2n) is 5.36. The van der Waals surface area contributed by atoms with Crippen LogP contribution in [0.1, 0.15) is 30.9 Å². The van der Waals surface area contributed by atoms with Crippen LogP contribution in [0.25, 0.3) is 0 Å². The molecule has 3 rings (SSSR count). The van der Waals surface area contributed by atoms with Crippen LogP contribution >= 0.6 is 0 Å². The molecule has 1 aromatic rings. The van der Waals surface area contributed by atoms with Crippen molar-refractivity contribution in [2.45, 2.75) is 38.9 Å². The topological polar surface area (TPSA) is 6.48 Å². The molecular weight excluding hydrogens is 208 g/mol. The summed E-state index contributed by atoms with van der Waals surface area (Å²) in [6, 6.07) is 9.68. The molecule has 0 aliphatic carbocycles. The Labute approximate surface area is 104 Å². The predicted octanol–water partition coefficient (Wildman–Crippen LogP) is 2.49. The Bertz CT molecular complexity index is 363. The molecule has 0 amide bonds. The Morgan fingerprint density at radius 3 is 2.53 bits per heavy atom. The van der Waals surface area contributed by atoms with E-state index in [2.05, 4.69) is 41.0 Å². The number of likely N-dealkylation sites (N-methyl/N-ethyl adjacent to an activating group) is 1. The van der Waals surface area contributed by atoms with Crippen LogP contribution in [0.2, 0.25) is 0 Å². The van der Waals surface area contributed by atoms with Gasteiger partial charge in [0, 0.05) is 25.7 Å². The van der Waals surface area contributed by atoms with Crippen LogP contribution in [-0.2, 0) is 13.1 Å². The first-order valence-corrected chi connectivity index (χ1v) is 6.90. The summed E-state index contributed by atoms with van der Waals surface area (Å²) in [6.45, 7) is 8.38. The van der Waals surface area contributed by atoms with Crippen molar-refractivity contribution in [2.24, 2.45) is 0 Å². The largest absolute Gasteiger partial charge is 0.299 e. The van der Waals surface area contributed by atoms with E-state index in [1.165, 1.54) is 43.6 Å². The summed E-state index contributed by atoms with van der Waals surface area (Å²) in [5.41, 5.74) is 3.07. The normalized spacial score (nSPS) is 25.4. The molecular formula is C15H22N2. The Morgan fingerprint density at radius 1 is 1.18 bits per heavy atom. The summed E-state index contributed by atoms with van der Waals surface area (Å²) in [7, 11) is 0. The Kier molecular flexibility index (Phi) is 3.17. The maximum absolute atomic E-state index is 2.64. The second-order valence-corrected chi connectivity index (χ2v) is 5.36. The molecule has 1 aromatic carbocycles. The number of rotatable bonds is 3. The van der Waals surface area contributed by atoms with Crippen molar-refractivity contribution in [1.82, 2.24) is 9.80 Å². The van der Waals surface area contributed by atoms with Crippen LogP contribution in [0, 0.1) is 0 Å². The molecule has 0 aromatic heterocycles. The van der Waals surface area contributed by atoms with Gasteiger partial charge in [-0.05, 0) is 37.1 Å². The van der Waals surface area contributed by atoms with Crippen molar-refractivity contribution in [3.8, 4) is 0 Å². The molecule has 0 bridgehead atoms. The fourth-order valence-corrected chi connectivity index (χ4v) is 3.35. The van der Waals surface area contributed by atoms with Gasteiger partial charge in [0.1, 0.15) is 0 Å². The maximum atomic E-state index is 2.64. The minimum Gasteiger partial charge on any atom is -0.299 e. The van der Waals surface area contributed by atoms with Crippen molar-refractivity contribution in [3.05, 3.63) is 35.4 Å². The van der Waals surface area contributed by atoms with Gasteiger partial charge in [0.25, 0.3) is 0 Å². The van der Waals surface area contributed by atoms with E-state index in [9.17, 15) is 0 Å². The molecule has 2 nitrogen and oxygen atoms in total. The van der Waals surface area contributed by atoms with Gasteiger partial charge in [0.05, 0.1) is 0 Å². The first-order valence-electron chi connectivity index (χ1n) is 6.90. The summed E-state index contributed by atoms with van der Waals surface area (Å²) < 4.78 is 0. The van der Waals surface area contributed by atoms with Crippen molar-refractivity contribution in [1.29, 1.82) is 0 Å². The smallest absolute Gasteiger partial charge is 0.0241 e. The average Bonchev–Trinajstić information content (AvgIpc) is 2.94. The molecule has 0 saturated carbocycles. The summed E-state index contributed by atoms with van der Waals surface area (Å²) in [6.07, 6.45) is 2.78. The zero-order valence-corrected chi connectivity index (χ0v) is 10.7. The van der Waals surface area contributed by atoms with Crippen molar-refractivity contribution in [2.75, 3.05) is 19.6 Å². The molecule has 17 heavy (non-hydrogen) atoms. The number of benzene rings is 1. The molecule has 2 aliphatic rings. The lowest BCUT2D eigenvalue weighted by Crippen LogP contribution is -2.38. The molecule has 1 unspecified atom stereocenters. The van der Waals surface area contributed by atoms with Gasteiger partial charge in [-0.25, -0.2) is 0 Å². The fraction of sp³-hybridized carbons (Fsp3) is 0.600. The minimum atomic E-state index is 0.800. The van der Waals surface area contributed by atoms with E-state index in [1.807, 2.05) is 0 Å². The van der Waals surface area contributed by atoms with Gasteiger partial charge in [-0.15, -0.1) is 0 Å². The van der Waals surface area contributed by atoms with E-state index in [-0.39, 0.29) is 0 Å². The van der Waals surface area contributed by atoms with Crippen LogP contribution in [0.3, 0.4) is 0 Å². The van der Waals surface area contributed by atoms with Gasteiger partial charge in [-0.3, -0.25) is 9.80 Å². The van der Waals surface area contributed by atoms with E-state index in [0.717, 1.165) is 19.1 Å². The lowest BCUT2D eigenvalue weighted by atomic mass is 10.1. The summed E-state index contributed by atoms with van der Waals surface area (Å²) in [4.78, 5) is 5.26. The molecule has 0 spiro atoms. The fourth-order valence-electron chi connectivity index (χ4n) is 3.35. The summed E-state index contributed by atoms with van der Waals surface area (Å²) >= 11 is 0. The van der Waals surface area contributed by atoms with Crippen LogP contribution in [0.4, 0.5) is 0 Å². The zero-order valence-electron chi connectivity index (χ0n) is 10.7. The summed E-state index contributed by atoms with van der Waals surface area (Å²) in [5.74, 6) is 0. The molecule has 92 valence electrons.